The molecule has 0 rings (SSSR count). The van der Waals surface area contributed by atoms with Crippen LogP contribution in [0.1, 0.15) is 20.8 Å². The molecule has 0 amide bonds. The van der Waals surface area contributed by atoms with Gasteiger partial charge in [0.15, 0.2) is 0 Å². The standard InChI is InChI=1S/C5H12FO2P/c1-4-9(6,7)8-5(2)3/h5H,4H2,1-3H3. The van der Waals surface area contributed by atoms with Crippen LogP contribution in [0.4, 0.5) is 4.20 Å². The van der Waals surface area contributed by atoms with Crippen LogP contribution in [0.5, 0.6) is 0 Å². The molecule has 1 unspecified atom stereocenters. The van der Waals surface area contributed by atoms with Crippen LogP contribution in [0, 0.1) is 0 Å². The summed E-state index contributed by atoms with van der Waals surface area (Å²) in [5.41, 5.74) is 0. The van der Waals surface area contributed by atoms with Crippen LogP contribution in [0.3, 0.4) is 0 Å². The van der Waals surface area contributed by atoms with Crippen molar-refractivity contribution in [2.24, 2.45) is 0 Å². The van der Waals surface area contributed by atoms with Gasteiger partial charge in [0.05, 0.1) is 12.3 Å². The summed E-state index contributed by atoms with van der Waals surface area (Å²) in [6.07, 6.45) is -0.327. The van der Waals surface area contributed by atoms with Crippen LogP contribution in [0.25, 0.3) is 0 Å². The van der Waals surface area contributed by atoms with E-state index in [1.807, 2.05) is 0 Å². The largest absolute Gasteiger partial charge is 0.367 e. The first-order valence-corrected chi connectivity index (χ1v) is 4.65. The van der Waals surface area contributed by atoms with E-state index in [0.29, 0.717) is 0 Å². The molecule has 0 heterocycles. The van der Waals surface area contributed by atoms with Crippen molar-refractivity contribution >= 4 is 7.68 Å². The Labute approximate surface area is 55.0 Å². The Bertz CT molecular complexity index is 124. The SMILES string of the molecule is CCP(=O)(F)OC(C)C. The second-order valence-electron chi connectivity index (χ2n) is 2.06. The van der Waals surface area contributed by atoms with Crippen LogP contribution < -0.4 is 0 Å². The topological polar surface area (TPSA) is 26.3 Å². The fourth-order valence-electron chi connectivity index (χ4n) is 0.389. The highest BCUT2D eigenvalue weighted by Crippen LogP contribution is 2.48. The van der Waals surface area contributed by atoms with Crippen LogP contribution in [0.15, 0.2) is 0 Å². The fourth-order valence-corrected chi connectivity index (χ4v) is 1.17. The highest BCUT2D eigenvalue weighted by atomic mass is 31.2. The van der Waals surface area contributed by atoms with Gasteiger partial charge in [-0.25, -0.2) is 0 Å². The van der Waals surface area contributed by atoms with Crippen LogP contribution in [0.2, 0.25) is 0 Å². The molecule has 0 aliphatic carbocycles. The first-order valence-electron chi connectivity index (χ1n) is 2.95. The predicted molar refractivity (Wildman–Crippen MR) is 35.5 cm³/mol. The summed E-state index contributed by atoms with van der Waals surface area (Å²) in [6.45, 7) is 4.81. The zero-order valence-electron chi connectivity index (χ0n) is 5.93. The fraction of sp³-hybridized carbons (Fsp3) is 1.00. The molecule has 0 spiro atoms. The molecule has 0 aromatic carbocycles. The normalized spacial score (nSPS) is 17.9. The number of hydrogen-bond donors (Lipinski definition) is 0. The molecule has 0 aliphatic rings. The maximum absolute atomic E-state index is 12.4. The minimum absolute atomic E-state index is 0.0365. The predicted octanol–water partition coefficient (Wildman–Crippen LogP) is 2.59. The monoisotopic (exact) mass is 154 g/mol. The van der Waals surface area contributed by atoms with E-state index in [1.54, 1.807) is 13.8 Å². The average molecular weight is 154 g/mol. The van der Waals surface area contributed by atoms with E-state index in [4.69, 9.17) is 0 Å². The van der Waals surface area contributed by atoms with E-state index in [1.165, 1.54) is 6.92 Å². The van der Waals surface area contributed by atoms with E-state index in [0.717, 1.165) is 0 Å². The molecular weight excluding hydrogens is 142 g/mol. The second kappa shape index (κ2) is 3.33. The Morgan fingerprint density at radius 2 is 2.11 bits per heavy atom. The van der Waals surface area contributed by atoms with Gasteiger partial charge in [-0.2, -0.15) is 4.20 Å². The van der Waals surface area contributed by atoms with Crippen molar-refractivity contribution in [2.75, 3.05) is 6.16 Å². The van der Waals surface area contributed by atoms with Crippen molar-refractivity contribution in [1.82, 2.24) is 0 Å². The van der Waals surface area contributed by atoms with Gasteiger partial charge in [0.2, 0.25) is 0 Å². The molecular formula is C5H12FO2P. The van der Waals surface area contributed by atoms with Gasteiger partial charge in [0.1, 0.15) is 0 Å². The van der Waals surface area contributed by atoms with Crippen molar-refractivity contribution in [3.8, 4) is 0 Å². The lowest BCUT2D eigenvalue weighted by molar-refractivity contribution is 0.224. The third kappa shape index (κ3) is 4.61. The van der Waals surface area contributed by atoms with Gasteiger partial charge in [0.25, 0.3) is 0 Å². The van der Waals surface area contributed by atoms with E-state index in [9.17, 15) is 8.76 Å². The zero-order chi connectivity index (χ0) is 7.49. The summed E-state index contributed by atoms with van der Waals surface area (Å²) >= 11 is 0. The highest BCUT2D eigenvalue weighted by molar-refractivity contribution is 7.53. The van der Waals surface area contributed by atoms with Crippen molar-refractivity contribution in [3.05, 3.63) is 0 Å². The lowest BCUT2D eigenvalue weighted by atomic mass is 10.5. The molecule has 2 nitrogen and oxygen atoms in total. The molecule has 0 bridgehead atoms. The molecule has 0 saturated heterocycles. The molecule has 4 heteroatoms. The summed E-state index contributed by atoms with van der Waals surface area (Å²) in [7, 11) is -3.73. The quantitative estimate of drug-likeness (QED) is 0.584. The number of rotatable bonds is 3. The van der Waals surface area contributed by atoms with Gasteiger partial charge < -0.3 is 4.52 Å². The van der Waals surface area contributed by atoms with Gasteiger partial charge in [-0.1, -0.05) is 6.92 Å². The summed E-state index contributed by atoms with van der Waals surface area (Å²) in [4.78, 5) is 0. The Kier molecular flexibility index (Phi) is 3.37. The van der Waals surface area contributed by atoms with Crippen molar-refractivity contribution in [2.45, 2.75) is 26.9 Å². The van der Waals surface area contributed by atoms with Crippen LogP contribution >= 0.6 is 7.68 Å². The third-order valence-electron chi connectivity index (χ3n) is 0.746. The molecule has 0 aromatic rings. The smallest absolute Gasteiger partial charge is 0.303 e. The van der Waals surface area contributed by atoms with Crippen molar-refractivity contribution in [3.63, 3.8) is 0 Å². The highest BCUT2D eigenvalue weighted by Gasteiger charge is 2.19. The minimum atomic E-state index is -3.73. The lowest BCUT2D eigenvalue weighted by Crippen LogP contribution is -1.98. The van der Waals surface area contributed by atoms with Gasteiger partial charge in [0, 0.05) is 0 Å². The third-order valence-corrected chi connectivity index (χ3v) is 2.24. The lowest BCUT2D eigenvalue weighted by Gasteiger charge is -2.09. The van der Waals surface area contributed by atoms with Crippen molar-refractivity contribution in [1.29, 1.82) is 0 Å². The molecule has 56 valence electrons. The van der Waals surface area contributed by atoms with E-state index >= 15 is 0 Å². The molecule has 0 radical (unpaired) electrons. The average Bonchev–Trinajstić information content (AvgIpc) is 1.63. The van der Waals surface area contributed by atoms with Crippen LogP contribution in [-0.2, 0) is 9.09 Å². The van der Waals surface area contributed by atoms with Gasteiger partial charge >= 0.3 is 7.68 Å². The molecule has 0 aromatic heterocycles. The van der Waals surface area contributed by atoms with Gasteiger partial charge in [-0.05, 0) is 13.8 Å². The first-order chi connectivity index (χ1) is 3.98. The Morgan fingerprint density at radius 1 is 1.67 bits per heavy atom. The van der Waals surface area contributed by atoms with E-state index < -0.39 is 7.68 Å². The van der Waals surface area contributed by atoms with E-state index in [-0.39, 0.29) is 12.3 Å². The summed E-state index contributed by atoms with van der Waals surface area (Å²) in [5.74, 6) is 0. The molecule has 1 atom stereocenters. The van der Waals surface area contributed by atoms with E-state index in [2.05, 4.69) is 4.52 Å². The molecule has 0 fully saturated rings. The zero-order valence-corrected chi connectivity index (χ0v) is 6.82. The molecule has 9 heavy (non-hydrogen) atoms. The summed E-state index contributed by atoms with van der Waals surface area (Å²) in [5, 5.41) is 0. The maximum Gasteiger partial charge on any atom is 0.367 e. The van der Waals surface area contributed by atoms with Gasteiger partial charge in [-0.3, -0.25) is 4.57 Å². The summed E-state index contributed by atoms with van der Waals surface area (Å²) in [6, 6.07) is 0. The molecule has 0 aliphatic heterocycles. The summed E-state index contributed by atoms with van der Waals surface area (Å²) < 4.78 is 27.4. The molecule has 0 saturated carbocycles. The van der Waals surface area contributed by atoms with Gasteiger partial charge in [-0.15, -0.1) is 0 Å². The number of halogens is 1. The maximum atomic E-state index is 12.4. The van der Waals surface area contributed by atoms with Crippen LogP contribution in [-0.4, -0.2) is 12.3 Å². The Balaban J connectivity index is 3.73. The molecule has 0 N–H and O–H groups in total. The Morgan fingerprint density at radius 3 is 2.22 bits per heavy atom. The minimum Gasteiger partial charge on any atom is -0.303 e. The second-order valence-corrected chi connectivity index (χ2v) is 4.08. The Hall–Kier alpha value is 0.120. The van der Waals surface area contributed by atoms with Crippen molar-refractivity contribution < 1.29 is 13.3 Å². The number of hydrogen-bond acceptors (Lipinski definition) is 2. The first kappa shape index (κ1) is 9.12.